The molecule has 1 saturated heterocycles. The smallest absolute Gasteiger partial charge is 0.243 e. The Morgan fingerprint density at radius 2 is 2.15 bits per heavy atom. The van der Waals surface area contributed by atoms with Crippen molar-refractivity contribution in [3.05, 3.63) is 23.5 Å². The van der Waals surface area contributed by atoms with E-state index < -0.39 is 21.8 Å². The second-order valence-corrected chi connectivity index (χ2v) is 7.89. The van der Waals surface area contributed by atoms with Crippen molar-refractivity contribution in [1.82, 2.24) is 9.62 Å². The largest absolute Gasteiger partial charge is 0.494 e. The number of nitrogens with two attached hydrogens (primary N) is 1. The van der Waals surface area contributed by atoms with Crippen LogP contribution in [0.1, 0.15) is 18.4 Å². The second-order valence-electron chi connectivity index (χ2n) is 5.99. The van der Waals surface area contributed by atoms with Gasteiger partial charge in [0.15, 0.2) is 11.6 Å². The summed E-state index contributed by atoms with van der Waals surface area (Å²) in [5, 5.41) is 2.69. The maximum Gasteiger partial charge on any atom is 0.243 e. The van der Waals surface area contributed by atoms with Crippen LogP contribution in [0, 0.1) is 18.7 Å². The van der Waals surface area contributed by atoms with Crippen molar-refractivity contribution in [3.8, 4) is 5.75 Å². The molecular weight excluding hydrogens is 385 g/mol. The van der Waals surface area contributed by atoms with Gasteiger partial charge in [-0.15, -0.1) is 12.4 Å². The average Bonchev–Trinajstić information content (AvgIpc) is 2.61. The van der Waals surface area contributed by atoms with Gasteiger partial charge in [0.1, 0.15) is 0 Å². The number of ether oxygens (including phenoxy) is 1. The normalized spacial score (nSPS) is 18.1. The van der Waals surface area contributed by atoms with Crippen molar-refractivity contribution >= 4 is 28.3 Å². The van der Waals surface area contributed by atoms with E-state index in [1.165, 1.54) is 30.5 Å². The molecule has 1 aliphatic heterocycles. The summed E-state index contributed by atoms with van der Waals surface area (Å²) < 4.78 is 46.2. The Morgan fingerprint density at radius 1 is 1.46 bits per heavy atom. The third kappa shape index (κ3) is 4.64. The van der Waals surface area contributed by atoms with E-state index >= 15 is 0 Å². The van der Waals surface area contributed by atoms with Gasteiger partial charge < -0.3 is 15.8 Å². The first-order valence-electron chi connectivity index (χ1n) is 8.14. The zero-order valence-corrected chi connectivity index (χ0v) is 16.5. The number of hydrogen-bond acceptors (Lipinski definition) is 5. The van der Waals surface area contributed by atoms with Crippen LogP contribution in [0.5, 0.6) is 5.75 Å². The van der Waals surface area contributed by atoms with Gasteiger partial charge in [0, 0.05) is 31.7 Å². The maximum absolute atomic E-state index is 14.2. The number of hydrogen-bond donors (Lipinski definition) is 2. The van der Waals surface area contributed by atoms with Gasteiger partial charge in [-0.05, 0) is 31.9 Å². The molecule has 1 fully saturated rings. The molecule has 1 atom stereocenters. The Morgan fingerprint density at radius 3 is 2.77 bits per heavy atom. The highest BCUT2D eigenvalue weighted by Crippen LogP contribution is 2.30. The summed E-state index contributed by atoms with van der Waals surface area (Å²) in [4.78, 5) is 12.0. The fourth-order valence-corrected chi connectivity index (χ4v) is 4.67. The molecule has 1 aliphatic rings. The predicted molar refractivity (Wildman–Crippen MR) is 98.5 cm³/mol. The van der Waals surface area contributed by atoms with Gasteiger partial charge in [0.25, 0.3) is 0 Å². The molecule has 0 aromatic heterocycles. The van der Waals surface area contributed by atoms with Gasteiger partial charge in [0.2, 0.25) is 15.9 Å². The number of amides is 1. The van der Waals surface area contributed by atoms with Crippen LogP contribution in [0.2, 0.25) is 0 Å². The van der Waals surface area contributed by atoms with Crippen molar-refractivity contribution in [1.29, 1.82) is 0 Å². The minimum absolute atomic E-state index is 0. The first-order chi connectivity index (χ1) is 11.8. The number of halogens is 2. The van der Waals surface area contributed by atoms with E-state index in [2.05, 4.69) is 5.32 Å². The average molecular weight is 410 g/mol. The number of rotatable bonds is 6. The number of piperidine rings is 1. The first kappa shape index (κ1) is 22.6. The summed E-state index contributed by atoms with van der Waals surface area (Å²) in [6, 6.07) is 2.63. The number of methoxy groups -OCH3 is 1. The summed E-state index contributed by atoms with van der Waals surface area (Å²) in [6.45, 7) is 2.46. The van der Waals surface area contributed by atoms with Gasteiger partial charge in [-0.2, -0.15) is 4.31 Å². The van der Waals surface area contributed by atoms with Gasteiger partial charge in [-0.1, -0.05) is 0 Å². The van der Waals surface area contributed by atoms with E-state index in [1.807, 2.05) is 0 Å². The summed E-state index contributed by atoms with van der Waals surface area (Å²) >= 11 is 0. The van der Waals surface area contributed by atoms with Gasteiger partial charge in [-0.3, -0.25) is 4.79 Å². The molecule has 0 bridgehead atoms. The van der Waals surface area contributed by atoms with Crippen molar-refractivity contribution < 1.29 is 22.3 Å². The van der Waals surface area contributed by atoms with E-state index in [0.29, 0.717) is 32.5 Å². The van der Waals surface area contributed by atoms with E-state index in [4.69, 9.17) is 10.5 Å². The number of benzene rings is 1. The Kier molecular flexibility index (Phi) is 8.26. The molecular formula is C16H25ClFN3O4S. The van der Waals surface area contributed by atoms with Crippen LogP contribution in [0.3, 0.4) is 0 Å². The van der Waals surface area contributed by atoms with Crippen molar-refractivity contribution in [3.63, 3.8) is 0 Å². The molecule has 10 heteroatoms. The van der Waals surface area contributed by atoms with Crippen LogP contribution < -0.4 is 15.8 Å². The topological polar surface area (TPSA) is 102 Å². The van der Waals surface area contributed by atoms with Crippen molar-refractivity contribution in [2.24, 2.45) is 11.7 Å². The van der Waals surface area contributed by atoms with Crippen LogP contribution in [0.15, 0.2) is 17.0 Å². The molecule has 1 unspecified atom stereocenters. The molecule has 7 nitrogen and oxygen atoms in total. The minimum atomic E-state index is -3.89. The summed E-state index contributed by atoms with van der Waals surface area (Å²) in [7, 11) is -2.57. The summed E-state index contributed by atoms with van der Waals surface area (Å²) in [6.07, 6.45) is 1.18. The van der Waals surface area contributed by atoms with Crippen molar-refractivity contribution in [2.45, 2.75) is 24.7 Å². The molecule has 1 aromatic carbocycles. The standard InChI is InChI=1S/C16H24FN3O4S.ClH/c1-11-14(6-5-13(24-2)15(11)17)25(22,23)20-9-3-4-12(10-20)16(21)19-8-7-18;/h5-6,12H,3-4,7-10,18H2,1-2H3,(H,19,21);1H. The Bertz CT molecular complexity index is 745. The molecule has 1 aromatic rings. The molecule has 0 radical (unpaired) electrons. The number of carbonyl (C=O) groups excluding carboxylic acids is 1. The first-order valence-corrected chi connectivity index (χ1v) is 9.58. The molecule has 0 spiro atoms. The zero-order chi connectivity index (χ0) is 18.6. The second kappa shape index (κ2) is 9.50. The maximum atomic E-state index is 14.2. The van der Waals surface area contributed by atoms with Crippen LogP contribution in [-0.2, 0) is 14.8 Å². The lowest BCUT2D eigenvalue weighted by molar-refractivity contribution is -0.126. The Labute approximate surface area is 159 Å². The third-order valence-corrected chi connectivity index (χ3v) is 6.35. The molecule has 26 heavy (non-hydrogen) atoms. The monoisotopic (exact) mass is 409 g/mol. The van der Waals surface area contributed by atoms with Crippen molar-refractivity contribution in [2.75, 3.05) is 33.3 Å². The SMILES string of the molecule is COc1ccc(S(=O)(=O)N2CCCC(C(=O)NCCN)C2)c(C)c1F.Cl. The zero-order valence-electron chi connectivity index (χ0n) is 14.8. The van der Waals surface area contributed by atoms with Crippen LogP contribution in [0.25, 0.3) is 0 Å². The van der Waals surface area contributed by atoms with E-state index in [1.54, 1.807) is 0 Å². The molecule has 0 saturated carbocycles. The fraction of sp³-hybridized carbons (Fsp3) is 0.562. The summed E-state index contributed by atoms with van der Waals surface area (Å²) in [5.41, 5.74) is 5.37. The Balaban J connectivity index is 0.00000338. The molecule has 1 amide bonds. The number of nitrogens with one attached hydrogen (secondary N) is 1. The van der Waals surface area contributed by atoms with E-state index in [-0.39, 0.29) is 41.1 Å². The lowest BCUT2D eigenvalue weighted by Crippen LogP contribution is -2.46. The van der Waals surface area contributed by atoms with Gasteiger partial charge in [-0.25, -0.2) is 12.8 Å². The minimum Gasteiger partial charge on any atom is -0.494 e. The molecule has 1 heterocycles. The molecule has 3 N–H and O–H groups in total. The van der Waals surface area contributed by atoms with Crippen LogP contribution >= 0.6 is 12.4 Å². The fourth-order valence-electron chi connectivity index (χ4n) is 2.93. The van der Waals surface area contributed by atoms with Gasteiger partial charge in [0.05, 0.1) is 17.9 Å². The van der Waals surface area contributed by atoms with E-state index in [9.17, 15) is 17.6 Å². The molecule has 2 rings (SSSR count). The predicted octanol–water partition coefficient (Wildman–Crippen LogP) is 1.04. The molecule has 0 aliphatic carbocycles. The highest BCUT2D eigenvalue weighted by atomic mass is 35.5. The number of sulfonamides is 1. The summed E-state index contributed by atoms with van der Waals surface area (Å²) in [5.74, 6) is -1.34. The van der Waals surface area contributed by atoms with Crippen LogP contribution in [-0.4, -0.2) is 51.9 Å². The molecule has 148 valence electrons. The number of nitrogens with zero attached hydrogens (tertiary/aromatic N) is 1. The van der Waals surface area contributed by atoms with Gasteiger partial charge >= 0.3 is 0 Å². The number of carbonyl (C=O) groups is 1. The lowest BCUT2D eigenvalue weighted by Gasteiger charge is -2.31. The highest BCUT2D eigenvalue weighted by Gasteiger charge is 2.34. The lowest BCUT2D eigenvalue weighted by atomic mass is 9.99. The van der Waals surface area contributed by atoms with Crippen LogP contribution in [0.4, 0.5) is 4.39 Å². The quantitative estimate of drug-likeness (QED) is 0.730. The van der Waals surface area contributed by atoms with E-state index in [0.717, 1.165) is 0 Å². The highest BCUT2D eigenvalue weighted by molar-refractivity contribution is 7.89. The third-order valence-electron chi connectivity index (χ3n) is 4.34. The Hall–Kier alpha value is -1.42.